The van der Waals surface area contributed by atoms with E-state index in [0.29, 0.717) is 10.9 Å². The normalized spacial score (nSPS) is 10.5. The molecule has 0 N–H and O–H groups in total. The third kappa shape index (κ3) is 1.74. The lowest BCUT2D eigenvalue weighted by molar-refractivity contribution is 0.719. The summed E-state index contributed by atoms with van der Waals surface area (Å²) >= 11 is 1.31. The van der Waals surface area contributed by atoms with Crippen LogP contribution in [0.5, 0.6) is 0 Å². The molecule has 0 saturated carbocycles. The zero-order valence-electron chi connectivity index (χ0n) is 8.38. The maximum atomic E-state index is 8.68. The Hall–Kier alpha value is -1.74. The van der Waals surface area contributed by atoms with Gasteiger partial charge in [-0.1, -0.05) is 25.2 Å². The molecule has 15 heavy (non-hydrogen) atoms. The molecule has 0 aliphatic carbocycles. The van der Waals surface area contributed by atoms with E-state index in [-0.39, 0.29) is 0 Å². The lowest BCUT2D eigenvalue weighted by Crippen LogP contribution is -2.02. The number of hydrogen-bond donors (Lipinski definition) is 0. The van der Waals surface area contributed by atoms with E-state index in [1.807, 2.05) is 19.9 Å². The topological polar surface area (TPSA) is 67.4 Å². The zero-order chi connectivity index (χ0) is 10.8. The Morgan fingerprint density at radius 3 is 2.87 bits per heavy atom. The molecule has 2 aromatic heterocycles. The summed E-state index contributed by atoms with van der Waals surface area (Å²) in [6.07, 6.45) is 3.16. The van der Waals surface area contributed by atoms with Crippen LogP contribution in [0.2, 0.25) is 0 Å². The first-order valence-corrected chi connectivity index (χ1v) is 5.30. The van der Waals surface area contributed by atoms with E-state index in [1.165, 1.54) is 17.7 Å². The van der Waals surface area contributed by atoms with Crippen LogP contribution >= 0.6 is 11.3 Å². The summed E-state index contributed by atoms with van der Waals surface area (Å²) in [5, 5.41) is 14.1. The third-order valence-corrected chi connectivity index (χ3v) is 2.77. The minimum Gasteiger partial charge on any atom is -0.232 e. The molecular weight excluding hydrogens is 210 g/mol. The Morgan fingerprint density at radius 2 is 2.27 bits per heavy atom. The van der Waals surface area contributed by atoms with Crippen LogP contribution in [0.1, 0.15) is 30.6 Å². The summed E-state index contributed by atoms with van der Waals surface area (Å²) < 4.78 is 1.73. The van der Waals surface area contributed by atoms with Crippen LogP contribution < -0.4 is 0 Å². The predicted molar refractivity (Wildman–Crippen MR) is 55.8 cm³/mol. The van der Waals surface area contributed by atoms with Gasteiger partial charge in [-0.15, -0.1) is 0 Å². The number of rotatable bonds is 2. The van der Waals surface area contributed by atoms with Crippen molar-refractivity contribution in [3.8, 4) is 11.1 Å². The van der Waals surface area contributed by atoms with Gasteiger partial charge in [0.05, 0.1) is 6.20 Å². The van der Waals surface area contributed by atoms with Crippen molar-refractivity contribution in [1.29, 1.82) is 5.26 Å². The van der Waals surface area contributed by atoms with Gasteiger partial charge >= 0.3 is 0 Å². The lowest BCUT2D eigenvalue weighted by atomic mass is 10.2. The van der Waals surface area contributed by atoms with Crippen molar-refractivity contribution in [1.82, 2.24) is 19.7 Å². The molecule has 0 aliphatic heterocycles. The van der Waals surface area contributed by atoms with Gasteiger partial charge in [-0.2, -0.15) is 10.4 Å². The molecule has 0 spiro atoms. The minimum atomic E-state index is 0.292. The van der Waals surface area contributed by atoms with Crippen LogP contribution in [-0.2, 0) is 0 Å². The molecule has 2 rings (SSSR count). The number of thiazole rings is 1. The first-order valence-electron chi connectivity index (χ1n) is 4.48. The smallest absolute Gasteiger partial charge is 0.196 e. The molecule has 76 valence electrons. The van der Waals surface area contributed by atoms with Gasteiger partial charge in [0, 0.05) is 5.92 Å². The Labute approximate surface area is 91.0 Å². The van der Waals surface area contributed by atoms with Crippen molar-refractivity contribution in [3.05, 3.63) is 23.4 Å². The fraction of sp³-hybridized carbons (Fsp3) is 0.333. The second-order valence-electron chi connectivity index (χ2n) is 3.30. The van der Waals surface area contributed by atoms with Crippen LogP contribution in [0.3, 0.4) is 0 Å². The van der Waals surface area contributed by atoms with E-state index in [9.17, 15) is 0 Å². The highest BCUT2D eigenvalue weighted by Crippen LogP contribution is 2.20. The molecule has 5 nitrogen and oxygen atoms in total. The van der Waals surface area contributed by atoms with Crippen molar-refractivity contribution in [2.45, 2.75) is 19.8 Å². The van der Waals surface area contributed by atoms with E-state index in [1.54, 1.807) is 10.9 Å². The van der Waals surface area contributed by atoms with Crippen LogP contribution in [-0.4, -0.2) is 19.7 Å². The first-order chi connectivity index (χ1) is 7.22. The Balaban J connectivity index is 2.45. The van der Waals surface area contributed by atoms with Crippen molar-refractivity contribution >= 4 is 11.3 Å². The van der Waals surface area contributed by atoms with Gasteiger partial charge in [-0.25, -0.2) is 14.6 Å². The van der Waals surface area contributed by atoms with Crippen molar-refractivity contribution in [3.63, 3.8) is 0 Å². The van der Waals surface area contributed by atoms with Crippen molar-refractivity contribution < 1.29 is 0 Å². The summed E-state index contributed by atoms with van der Waals surface area (Å²) in [5.41, 5.74) is 0. The van der Waals surface area contributed by atoms with Gasteiger partial charge in [0.15, 0.2) is 5.01 Å². The summed E-state index contributed by atoms with van der Waals surface area (Å²) in [6.45, 7) is 4.10. The van der Waals surface area contributed by atoms with Gasteiger partial charge in [0.25, 0.3) is 0 Å². The average molecular weight is 219 g/mol. The van der Waals surface area contributed by atoms with Gasteiger partial charge in [0.2, 0.25) is 0 Å². The SMILES string of the molecule is CC(C)c1ncnn1-c1cnc(C#N)s1. The molecule has 0 unspecified atom stereocenters. The fourth-order valence-electron chi connectivity index (χ4n) is 1.23. The number of nitriles is 1. The van der Waals surface area contributed by atoms with E-state index < -0.39 is 0 Å². The Morgan fingerprint density at radius 1 is 1.47 bits per heavy atom. The summed E-state index contributed by atoms with van der Waals surface area (Å²) in [4.78, 5) is 8.13. The average Bonchev–Trinajstić information content (AvgIpc) is 2.85. The molecule has 0 radical (unpaired) electrons. The molecule has 0 bridgehead atoms. The molecule has 0 aliphatic rings. The monoisotopic (exact) mass is 219 g/mol. The second kappa shape index (κ2) is 3.79. The lowest BCUT2D eigenvalue weighted by Gasteiger charge is -2.04. The summed E-state index contributed by atoms with van der Waals surface area (Å²) in [5.74, 6) is 1.17. The Bertz CT molecular complexity index is 505. The maximum absolute atomic E-state index is 8.68. The van der Waals surface area contributed by atoms with Gasteiger partial charge < -0.3 is 0 Å². The quantitative estimate of drug-likeness (QED) is 0.771. The molecular formula is C9H9N5S. The highest BCUT2D eigenvalue weighted by atomic mass is 32.1. The Kier molecular flexibility index (Phi) is 2.47. The largest absolute Gasteiger partial charge is 0.232 e. The van der Waals surface area contributed by atoms with Crippen LogP contribution in [0.15, 0.2) is 12.5 Å². The molecule has 6 heteroatoms. The predicted octanol–water partition coefficient (Wildman–Crippen LogP) is 1.72. The number of hydrogen-bond acceptors (Lipinski definition) is 5. The standard InChI is InChI=1S/C9H9N5S/c1-6(2)9-12-5-13-14(9)8-4-11-7(3-10)15-8/h4-6H,1-2H3. The highest BCUT2D eigenvalue weighted by Gasteiger charge is 2.12. The molecule has 0 aromatic carbocycles. The van der Waals surface area contributed by atoms with Crippen molar-refractivity contribution in [2.75, 3.05) is 0 Å². The maximum Gasteiger partial charge on any atom is 0.196 e. The third-order valence-electron chi connectivity index (χ3n) is 1.89. The first kappa shape index (κ1) is 9.80. The summed E-state index contributed by atoms with van der Waals surface area (Å²) in [6, 6.07) is 2.00. The molecule has 2 aromatic rings. The van der Waals surface area contributed by atoms with Gasteiger partial charge in [-0.3, -0.25) is 0 Å². The number of aromatic nitrogens is 4. The van der Waals surface area contributed by atoms with Gasteiger partial charge in [-0.05, 0) is 0 Å². The minimum absolute atomic E-state index is 0.292. The zero-order valence-corrected chi connectivity index (χ0v) is 9.19. The fourth-order valence-corrected chi connectivity index (χ4v) is 1.91. The van der Waals surface area contributed by atoms with Gasteiger partial charge in [0.1, 0.15) is 23.2 Å². The molecule has 0 atom stereocenters. The number of nitrogens with zero attached hydrogens (tertiary/aromatic N) is 5. The molecule has 0 fully saturated rings. The highest BCUT2D eigenvalue weighted by molar-refractivity contribution is 7.14. The van der Waals surface area contributed by atoms with E-state index in [2.05, 4.69) is 15.1 Å². The van der Waals surface area contributed by atoms with Crippen LogP contribution in [0.25, 0.3) is 5.00 Å². The molecule has 0 amide bonds. The summed E-state index contributed by atoms with van der Waals surface area (Å²) in [7, 11) is 0. The van der Waals surface area contributed by atoms with E-state index in [0.717, 1.165) is 10.8 Å². The van der Waals surface area contributed by atoms with Crippen LogP contribution in [0.4, 0.5) is 0 Å². The van der Waals surface area contributed by atoms with E-state index in [4.69, 9.17) is 5.26 Å². The molecule has 0 saturated heterocycles. The molecule has 2 heterocycles. The van der Waals surface area contributed by atoms with Crippen LogP contribution in [0, 0.1) is 11.3 Å². The second-order valence-corrected chi connectivity index (χ2v) is 4.31. The van der Waals surface area contributed by atoms with E-state index >= 15 is 0 Å². The van der Waals surface area contributed by atoms with Crippen molar-refractivity contribution in [2.24, 2.45) is 0 Å².